The molecule has 0 amide bonds. The van der Waals surface area contributed by atoms with E-state index in [1.165, 1.54) is 16.8 Å². The highest BCUT2D eigenvalue weighted by atomic mass is 15.3. The third-order valence-electron chi connectivity index (χ3n) is 3.82. The lowest BCUT2D eigenvalue weighted by atomic mass is 9.97. The smallest absolute Gasteiger partial charge is 0.0492 e. The lowest BCUT2D eigenvalue weighted by Crippen LogP contribution is -2.28. The maximum atomic E-state index is 5.71. The van der Waals surface area contributed by atoms with E-state index in [0.717, 1.165) is 12.8 Å². The Hall–Kier alpha value is -1.65. The molecule has 0 saturated carbocycles. The van der Waals surface area contributed by atoms with Crippen LogP contribution in [0.5, 0.6) is 0 Å². The highest BCUT2D eigenvalue weighted by molar-refractivity contribution is 5.27. The van der Waals surface area contributed by atoms with Crippen LogP contribution in [0.3, 0.4) is 0 Å². The van der Waals surface area contributed by atoms with E-state index in [2.05, 4.69) is 54.7 Å². The Bertz CT molecular complexity index is 528. The largest absolute Gasteiger partial charge is 0.273 e. The quantitative estimate of drug-likeness (QED) is 0.628. The number of rotatable bonds is 6. The van der Waals surface area contributed by atoms with E-state index in [1.54, 1.807) is 0 Å². The van der Waals surface area contributed by atoms with E-state index in [9.17, 15) is 0 Å². The van der Waals surface area contributed by atoms with Gasteiger partial charge in [-0.25, -0.2) is 0 Å². The molecule has 1 heterocycles. The van der Waals surface area contributed by atoms with Gasteiger partial charge in [0, 0.05) is 25.0 Å². The second-order valence-corrected chi connectivity index (χ2v) is 5.53. The number of hydrazine groups is 1. The molecular weight excluding hydrogens is 248 g/mol. The Kier molecular flexibility index (Phi) is 4.93. The van der Waals surface area contributed by atoms with Crippen LogP contribution in [0.15, 0.2) is 36.5 Å². The van der Waals surface area contributed by atoms with Crippen molar-refractivity contribution in [1.29, 1.82) is 0 Å². The molecule has 4 nitrogen and oxygen atoms in total. The minimum atomic E-state index is 0.172. The zero-order valence-electron chi connectivity index (χ0n) is 12.5. The third kappa shape index (κ3) is 3.46. The van der Waals surface area contributed by atoms with E-state index in [4.69, 9.17) is 5.84 Å². The van der Waals surface area contributed by atoms with Crippen LogP contribution in [-0.2, 0) is 13.5 Å². The molecule has 3 N–H and O–H groups in total. The SMILES string of the molecule is CC(C)c1ccc(C(CCc2ccnn2C)NN)cc1. The number of nitrogens with two attached hydrogens (primary N) is 1. The number of aryl methyl sites for hydroxylation is 2. The van der Waals surface area contributed by atoms with Crippen LogP contribution in [0, 0.1) is 0 Å². The van der Waals surface area contributed by atoms with Gasteiger partial charge in [-0.1, -0.05) is 38.1 Å². The summed E-state index contributed by atoms with van der Waals surface area (Å²) in [5.41, 5.74) is 6.74. The first-order valence-corrected chi connectivity index (χ1v) is 7.14. The molecule has 2 rings (SSSR count). The fraction of sp³-hybridized carbons (Fsp3) is 0.438. The molecule has 0 bridgehead atoms. The van der Waals surface area contributed by atoms with Crippen LogP contribution < -0.4 is 11.3 Å². The van der Waals surface area contributed by atoms with Crippen molar-refractivity contribution in [1.82, 2.24) is 15.2 Å². The summed E-state index contributed by atoms with van der Waals surface area (Å²) in [7, 11) is 1.97. The van der Waals surface area contributed by atoms with Crippen molar-refractivity contribution in [2.45, 2.75) is 38.6 Å². The molecule has 108 valence electrons. The van der Waals surface area contributed by atoms with Crippen molar-refractivity contribution < 1.29 is 0 Å². The Morgan fingerprint density at radius 2 is 1.80 bits per heavy atom. The van der Waals surface area contributed by atoms with Crippen LogP contribution in [0.25, 0.3) is 0 Å². The van der Waals surface area contributed by atoms with Crippen LogP contribution >= 0.6 is 0 Å². The maximum absolute atomic E-state index is 5.71. The van der Waals surface area contributed by atoms with Gasteiger partial charge < -0.3 is 0 Å². The standard InChI is InChI=1S/C16H24N4/c1-12(2)13-4-6-14(7-5-13)16(19-17)9-8-15-10-11-18-20(15)3/h4-7,10-12,16,19H,8-9,17H2,1-3H3. The molecule has 4 heteroatoms. The molecule has 1 atom stereocenters. The molecule has 0 aliphatic heterocycles. The normalized spacial score (nSPS) is 12.8. The first-order chi connectivity index (χ1) is 9.61. The average molecular weight is 272 g/mol. The topological polar surface area (TPSA) is 55.9 Å². The van der Waals surface area contributed by atoms with Crippen LogP contribution in [-0.4, -0.2) is 9.78 Å². The summed E-state index contributed by atoms with van der Waals surface area (Å²) in [5.74, 6) is 6.27. The van der Waals surface area contributed by atoms with Crippen molar-refractivity contribution in [3.63, 3.8) is 0 Å². The molecule has 0 spiro atoms. The molecule has 1 aromatic heterocycles. The van der Waals surface area contributed by atoms with E-state index in [1.807, 2.05) is 17.9 Å². The van der Waals surface area contributed by atoms with Gasteiger partial charge >= 0.3 is 0 Å². The Morgan fingerprint density at radius 3 is 2.30 bits per heavy atom. The number of nitrogens with zero attached hydrogens (tertiary/aromatic N) is 2. The van der Waals surface area contributed by atoms with Crippen molar-refractivity contribution >= 4 is 0 Å². The summed E-state index contributed by atoms with van der Waals surface area (Å²) in [6, 6.07) is 10.9. The van der Waals surface area contributed by atoms with Crippen molar-refractivity contribution in [3.8, 4) is 0 Å². The summed E-state index contributed by atoms with van der Waals surface area (Å²) in [6.07, 6.45) is 3.74. The van der Waals surface area contributed by atoms with Gasteiger partial charge in [0.05, 0.1) is 0 Å². The predicted molar refractivity (Wildman–Crippen MR) is 82.1 cm³/mol. The highest BCUT2D eigenvalue weighted by Gasteiger charge is 2.11. The predicted octanol–water partition coefficient (Wildman–Crippen LogP) is 2.68. The molecular formula is C16H24N4. The number of benzene rings is 1. The van der Waals surface area contributed by atoms with Gasteiger partial charge in [-0.05, 0) is 36.0 Å². The summed E-state index contributed by atoms with van der Waals surface area (Å²) in [5, 5.41) is 4.19. The zero-order valence-corrected chi connectivity index (χ0v) is 12.5. The first kappa shape index (κ1) is 14.8. The lowest BCUT2D eigenvalue weighted by molar-refractivity contribution is 0.506. The average Bonchev–Trinajstić information content (AvgIpc) is 2.85. The van der Waals surface area contributed by atoms with Crippen LogP contribution in [0.1, 0.15) is 49.0 Å². The lowest BCUT2D eigenvalue weighted by Gasteiger charge is -2.17. The van der Waals surface area contributed by atoms with Gasteiger partial charge in [0.1, 0.15) is 0 Å². The second-order valence-electron chi connectivity index (χ2n) is 5.53. The van der Waals surface area contributed by atoms with Gasteiger partial charge in [0.25, 0.3) is 0 Å². The van der Waals surface area contributed by atoms with Gasteiger partial charge in [-0.2, -0.15) is 5.10 Å². The third-order valence-corrected chi connectivity index (χ3v) is 3.82. The van der Waals surface area contributed by atoms with E-state index in [0.29, 0.717) is 5.92 Å². The van der Waals surface area contributed by atoms with Gasteiger partial charge in [-0.15, -0.1) is 0 Å². The number of hydrogen-bond donors (Lipinski definition) is 2. The number of aromatic nitrogens is 2. The van der Waals surface area contributed by atoms with Crippen molar-refractivity contribution in [2.75, 3.05) is 0 Å². The Morgan fingerprint density at radius 1 is 1.15 bits per heavy atom. The van der Waals surface area contributed by atoms with Gasteiger partial charge in [0.15, 0.2) is 0 Å². The molecule has 0 aliphatic rings. The Balaban J connectivity index is 2.02. The molecule has 0 fully saturated rings. The molecule has 1 aromatic carbocycles. The van der Waals surface area contributed by atoms with Gasteiger partial charge in [-0.3, -0.25) is 16.0 Å². The molecule has 0 radical (unpaired) electrons. The first-order valence-electron chi connectivity index (χ1n) is 7.14. The summed E-state index contributed by atoms with van der Waals surface area (Å²) >= 11 is 0. The molecule has 2 aromatic rings. The van der Waals surface area contributed by atoms with E-state index >= 15 is 0 Å². The fourth-order valence-electron chi connectivity index (χ4n) is 2.40. The molecule has 0 saturated heterocycles. The second kappa shape index (κ2) is 6.68. The number of hydrogen-bond acceptors (Lipinski definition) is 3. The summed E-state index contributed by atoms with van der Waals surface area (Å²) in [6.45, 7) is 4.41. The number of nitrogens with one attached hydrogen (secondary N) is 1. The molecule has 1 unspecified atom stereocenters. The minimum Gasteiger partial charge on any atom is -0.273 e. The molecule has 0 aliphatic carbocycles. The van der Waals surface area contributed by atoms with Crippen LogP contribution in [0.2, 0.25) is 0 Å². The molecule has 20 heavy (non-hydrogen) atoms. The minimum absolute atomic E-state index is 0.172. The maximum Gasteiger partial charge on any atom is 0.0492 e. The van der Waals surface area contributed by atoms with Gasteiger partial charge in [0.2, 0.25) is 0 Å². The van der Waals surface area contributed by atoms with Crippen LogP contribution in [0.4, 0.5) is 0 Å². The zero-order chi connectivity index (χ0) is 14.5. The van der Waals surface area contributed by atoms with E-state index in [-0.39, 0.29) is 6.04 Å². The summed E-state index contributed by atoms with van der Waals surface area (Å²) < 4.78 is 1.91. The van der Waals surface area contributed by atoms with Crippen molar-refractivity contribution in [2.24, 2.45) is 12.9 Å². The van der Waals surface area contributed by atoms with E-state index < -0.39 is 0 Å². The Labute approximate surface area is 121 Å². The highest BCUT2D eigenvalue weighted by Crippen LogP contribution is 2.21. The monoisotopic (exact) mass is 272 g/mol. The summed E-state index contributed by atoms with van der Waals surface area (Å²) in [4.78, 5) is 0. The van der Waals surface area contributed by atoms with Crippen molar-refractivity contribution in [3.05, 3.63) is 53.3 Å². The fourth-order valence-corrected chi connectivity index (χ4v) is 2.40.